The van der Waals surface area contributed by atoms with Crippen LogP contribution in [-0.2, 0) is 5.41 Å². The van der Waals surface area contributed by atoms with Crippen LogP contribution in [0.3, 0.4) is 0 Å². The highest BCUT2D eigenvalue weighted by Crippen LogP contribution is 2.46. The zero-order valence-electron chi connectivity index (χ0n) is 20.8. The number of methoxy groups -OCH3 is 1. The number of ether oxygens (including phenoxy) is 2. The smallest absolute Gasteiger partial charge is 0.267 e. The van der Waals surface area contributed by atoms with Crippen LogP contribution in [0.4, 0.5) is 4.39 Å². The van der Waals surface area contributed by atoms with E-state index in [1.807, 2.05) is 38.1 Å². The SMILES string of the molecule is COc1cccc2[nH]c(C(=O)NC[C@@H](C)c3cc4c(c(-c5ccc(F)cc5)n3)OC[C@]4(C)C(N)O)cc12. The van der Waals surface area contributed by atoms with Gasteiger partial charge in [-0.25, -0.2) is 9.37 Å². The van der Waals surface area contributed by atoms with Gasteiger partial charge >= 0.3 is 0 Å². The van der Waals surface area contributed by atoms with Crippen molar-refractivity contribution in [2.45, 2.75) is 31.4 Å². The molecule has 37 heavy (non-hydrogen) atoms. The van der Waals surface area contributed by atoms with Gasteiger partial charge in [-0.1, -0.05) is 13.0 Å². The van der Waals surface area contributed by atoms with E-state index >= 15 is 0 Å². The minimum atomic E-state index is -1.15. The van der Waals surface area contributed by atoms with Crippen molar-refractivity contribution >= 4 is 16.8 Å². The number of nitrogens with two attached hydrogens (primary N) is 1. The third kappa shape index (κ3) is 4.41. The maximum atomic E-state index is 13.6. The average Bonchev–Trinajstić information content (AvgIpc) is 3.49. The highest BCUT2D eigenvalue weighted by Gasteiger charge is 2.43. The minimum absolute atomic E-state index is 0.188. The number of hydrogen-bond acceptors (Lipinski definition) is 6. The van der Waals surface area contributed by atoms with Gasteiger partial charge in [0.15, 0.2) is 0 Å². The molecule has 1 amide bonds. The van der Waals surface area contributed by atoms with E-state index in [-0.39, 0.29) is 24.2 Å². The summed E-state index contributed by atoms with van der Waals surface area (Å²) in [7, 11) is 1.59. The van der Waals surface area contributed by atoms with Crippen LogP contribution in [-0.4, -0.2) is 47.5 Å². The topological polar surface area (TPSA) is 122 Å². The Hall–Kier alpha value is -3.95. The first-order valence-electron chi connectivity index (χ1n) is 12.0. The Morgan fingerprint density at radius 1 is 1.30 bits per heavy atom. The summed E-state index contributed by atoms with van der Waals surface area (Å²) >= 11 is 0. The maximum absolute atomic E-state index is 13.6. The normalized spacial score (nSPS) is 18.2. The molecular weight excluding hydrogens is 475 g/mol. The Balaban J connectivity index is 1.44. The predicted molar refractivity (Wildman–Crippen MR) is 138 cm³/mol. The summed E-state index contributed by atoms with van der Waals surface area (Å²) in [4.78, 5) is 20.9. The van der Waals surface area contributed by atoms with Gasteiger partial charge in [0, 0.05) is 40.2 Å². The summed E-state index contributed by atoms with van der Waals surface area (Å²) in [5.74, 6) is 0.405. The highest BCUT2D eigenvalue weighted by molar-refractivity contribution is 5.99. The highest BCUT2D eigenvalue weighted by atomic mass is 19.1. The second-order valence-corrected chi connectivity index (χ2v) is 9.65. The van der Waals surface area contributed by atoms with Crippen molar-refractivity contribution in [1.82, 2.24) is 15.3 Å². The van der Waals surface area contributed by atoms with E-state index in [0.29, 0.717) is 40.7 Å². The lowest BCUT2D eigenvalue weighted by molar-refractivity contribution is 0.0798. The summed E-state index contributed by atoms with van der Waals surface area (Å²) in [5.41, 5.74) is 8.96. The summed E-state index contributed by atoms with van der Waals surface area (Å²) in [6.45, 7) is 4.28. The number of H-pyrrole nitrogens is 1. The van der Waals surface area contributed by atoms with Crippen LogP contribution in [0.25, 0.3) is 22.2 Å². The number of aromatic nitrogens is 2. The number of carbonyl (C=O) groups excluding carboxylic acids is 1. The average molecular weight is 505 g/mol. The molecule has 0 aliphatic carbocycles. The second kappa shape index (κ2) is 9.49. The van der Waals surface area contributed by atoms with Gasteiger partial charge in [-0.05, 0) is 55.5 Å². The lowest BCUT2D eigenvalue weighted by Crippen LogP contribution is -2.44. The van der Waals surface area contributed by atoms with E-state index in [0.717, 1.165) is 16.5 Å². The van der Waals surface area contributed by atoms with E-state index in [9.17, 15) is 14.3 Å². The predicted octanol–water partition coefficient (Wildman–Crippen LogP) is 3.84. The Bertz CT molecular complexity index is 1470. The van der Waals surface area contributed by atoms with Crippen molar-refractivity contribution in [3.63, 3.8) is 0 Å². The first-order chi connectivity index (χ1) is 17.7. The largest absolute Gasteiger partial charge is 0.496 e. The number of aliphatic hydroxyl groups is 1. The summed E-state index contributed by atoms with van der Waals surface area (Å²) in [6.07, 6.45) is -1.15. The number of amides is 1. The van der Waals surface area contributed by atoms with Crippen LogP contribution >= 0.6 is 0 Å². The van der Waals surface area contributed by atoms with E-state index < -0.39 is 11.6 Å². The van der Waals surface area contributed by atoms with Gasteiger partial charge in [0.2, 0.25) is 0 Å². The number of fused-ring (bicyclic) bond motifs is 2. The zero-order chi connectivity index (χ0) is 26.3. The fourth-order valence-electron chi connectivity index (χ4n) is 4.60. The molecule has 1 aliphatic heterocycles. The number of rotatable bonds is 7. The first kappa shape index (κ1) is 24.7. The Kier molecular flexibility index (Phi) is 6.35. The molecule has 3 heterocycles. The molecule has 2 aromatic carbocycles. The van der Waals surface area contributed by atoms with Crippen LogP contribution in [0.5, 0.6) is 11.5 Å². The maximum Gasteiger partial charge on any atom is 0.267 e. The summed E-state index contributed by atoms with van der Waals surface area (Å²) < 4.78 is 24.9. The number of nitrogens with one attached hydrogen (secondary N) is 2. The zero-order valence-corrected chi connectivity index (χ0v) is 20.8. The van der Waals surface area contributed by atoms with Crippen LogP contribution in [0, 0.1) is 5.82 Å². The number of aliphatic hydroxyl groups excluding tert-OH is 1. The van der Waals surface area contributed by atoms with Crippen molar-refractivity contribution in [3.8, 4) is 22.8 Å². The molecule has 8 nitrogen and oxygen atoms in total. The van der Waals surface area contributed by atoms with Gasteiger partial charge < -0.3 is 30.6 Å². The summed E-state index contributed by atoms with van der Waals surface area (Å²) in [5, 5.41) is 14.1. The van der Waals surface area contributed by atoms with Gasteiger partial charge in [-0.15, -0.1) is 0 Å². The molecule has 1 unspecified atom stereocenters. The van der Waals surface area contributed by atoms with Crippen molar-refractivity contribution < 1.29 is 23.8 Å². The second-order valence-electron chi connectivity index (χ2n) is 9.65. The van der Waals surface area contributed by atoms with E-state index in [4.69, 9.17) is 20.2 Å². The van der Waals surface area contributed by atoms with Crippen LogP contribution < -0.4 is 20.5 Å². The van der Waals surface area contributed by atoms with E-state index in [2.05, 4.69) is 10.3 Å². The number of aromatic amines is 1. The fourth-order valence-corrected chi connectivity index (χ4v) is 4.60. The number of hydrogen-bond donors (Lipinski definition) is 4. The van der Waals surface area contributed by atoms with Gasteiger partial charge in [-0.2, -0.15) is 0 Å². The first-order valence-corrected chi connectivity index (χ1v) is 12.0. The van der Waals surface area contributed by atoms with Gasteiger partial charge in [-0.3, -0.25) is 4.79 Å². The van der Waals surface area contributed by atoms with Gasteiger partial charge in [0.25, 0.3) is 5.91 Å². The number of halogens is 1. The molecule has 0 saturated carbocycles. The van der Waals surface area contributed by atoms with Gasteiger partial charge in [0.05, 0.1) is 12.5 Å². The van der Waals surface area contributed by atoms with E-state index in [1.165, 1.54) is 12.1 Å². The van der Waals surface area contributed by atoms with Crippen molar-refractivity contribution in [1.29, 1.82) is 0 Å². The molecule has 5 rings (SSSR count). The van der Waals surface area contributed by atoms with Crippen LogP contribution in [0.1, 0.15) is 41.5 Å². The number of pyridine rings is 1. The molecule has 9 heteroatoms. The third-order valence-electron chi connectivity index (χ3n) is 7.06. The number of benzene rings is 2. The summed E-state index contributed by atoms with van der Waals surface area (Å²) in [6, 6.07) is 15.2. The van der Waals surface area contributed by atoms with Crippen LogP contribution in [0.2, 0.25) is 0 Å². The molecule has 0 saturated heterocycles. The molecule has 1 aliphatic rings. The molecule has 0 spiro atoms. The van der Waals surface area contributed by atoms with E-state index in [1.54, 1.807) is 25.3 Å². The Morgan fingerprint density at radius 2 is 2.05 bits per heavy atom. The molecule has 0 bridgehead atoms. The molecule has 2 aromatic heterocycles. The Labute approximate surface area is 213 Å². The fraction of sp³-hybridized carbons (Fsp3) is 0.286. The minimum Gasteiger partial charge on any atom is -0.496 e. The van der Waals surface area contributed by atoms with Crippen molar-refractivity contribution in [2.75, 3.05) is 20.3 Å². The molecule has 3 atom stereocenters. The van der Waals surface area contributed by atoms with Gasteiger partial charge in [0.1, 0.15) is 41.5 Å². The monoisotopic (exact) mass is 504 g/mol. The number of nitrogens with zero attached hydrogens (tertiary/aromatic N) is 1. The van der Waals surface area contributed by atoms with Crippen LogP contribution in [0.15, 0.2) is 54.6 Å². The lowest BCUT2D eigenvalue weighted by atomic mass is 9.81. The molecule has 0 fully saturated rings. The van der Waals surface area contributed by atoms with Crippen molar-refractivity contribution in [2.24, 2.45) is 5.73 Å². The number of carbonyl (C=O) groups is 1. The van der Waals surface area contributed by atoms with Crippen molar-refractivity contribution in [3.05, 3.63) is 77.4 Å². The molecule has 192 valence electrons. The Morgan fingerprint density at radius 3 is 2.76 bits per heavy atom. The molecular formula is C28H29FN4O4. The molecule has 4 aromatic rings. The standard InChI is InChI=1S/C28H29FN4O4/c1-15(13-31-26(34)22-11-18-20(32-22)5-4-6-23(18)36-3)21-12-19-25(37-14-28(19,2)27(30)35)24(33-21)16-7-9-17(29)10-8-16/h4-12,15,27,32,35H,13-14,30H2,1-3H3,(H,31,34)/t15-,27?,28+/m1/s1. The molecule has 0 radical (unpaired) electrons. The lowest BCUT2D eigenvalue weighted by Gasteiger charge is -2.26. The molecule has 5 N–H and O–H groups in total. The quantitative estimate of drug-likeness (QED) is 0.284. The third-order valence-corrected chi connectivity index (χ3v) is 7.06.